The van der Waals surface area contributed by atoms with Crippen LogP contribution in [0.5, 0.6) is 0 Å². The summed E-state index contributed by atoms with van der Waals surface area (Å²) >= 11 is 0. The average Bonchev–Trinajstić information content (AvgIpc) is 2.26. The van der Waals surface area contributed by atoms with Crippen molar-refractivity contribution in [3.8, 4) is 0 Å². The van der Waals surface area contributed by atoms with Crippen LogP contribution in [0.25, 0.3) is 0 Å². The zero-order valence-corrected chi connectivity index (χ0v) is 12.0. The van der Waals surface area contributed by atoms with Crippen LogP contribution in [0.3, 0.4) is 0 Å². The van der Waals surface area contributed by atoms with Crippen molar-refractivity contribution in [1.82, 2.24) is 0 Å². The molecule has 0 saturated heterocycles. The summed E-state index contributed by atoms with van der Waals surface area (Å²) in [5.74, 6) is 0. The standard InChI is InChI=1S/C13H16N2O5/c1-7-9(6-16)8(2)12(15(19)20)10(13(3,4)5)11(7)14(17)18/h6H,1-5H3. The number of nitro groups is 2. The quantitative estimate of drug-likeness (QED) is 0.480. The Bertz CT molecular complexity index is 573. The van der Waals surface area contributed by atoms with Gasteiger partial charge in [-0.25, -0.2) is 0 Å². The van der Waals surface area contributed by atoms with Crippen LogP contribution in [-0.4, -0.2) is 16.1 Å². The van der Waals surface area contributed by atoms with Crippen molar-refractivity contribution in [3.63, 3.8) is 0 Å². The first-order valence-electron chi connectivity index (χ1n) is 5.95. The topological polar surface area (TPSA) is 103 Å². The minimum Gasteiger partial charge on any atom is -0.298 e. The minimum atomic E-state index is -0.790. The molecule has 0 atom stereocenters. The smallest absolute Gasteiger partial charge is 0.283 e. The first-order valence-corrected chi connectivity index (χ1v) is 5.95. The Morgan fingerprint density at radius 3 is 1.50 bits per heavy atom. The molecule has 1 aromatic rings. The van der Waals surface area contributed by atoms with Crippen LogP contribution in [0, 0.1) is 34.1 Å². The highest BCUT2D eigenvalue weighted by molar-refractivity contribution is 5.86. The summed E-state index contributed by atoms with van der Waals surface area (Å²) in [4.78, 5) is 32.4. The van der Waals surface area contributed by atoms with E-state index in [0.29, 0.717) is 6.29 Å². The summed E-state index contributed by atoms with van der Waals surface area (Å²) in [5.41, 5.74) is -1.10. The van der Waals surface area contributed by atoms with E-state index in [-0.39, 0.29) is 33.6 Å². The molecule has 0 aliphatic heterocycles. The van der Waals surface area contributed by atoms with Crippen molar-refractivity contribution >= 4 is 17.7 Å². The van der Waals surface area contributed by atoms with E-state index in [2.05, 4.69) is 0 Å². The fourth-order valence-electron chi connectivity index (χ4n) is 2.37. The largest absolute Gasteiger partial charge is 0.298 e. The van der Waals surface area contributed by atoms with Gasteiger partial charge in [0.2, 0.25) is 0 Å². The summed E-state index contributed by atoms with van der Waals surface area (Å²) in [7, 11) is 0. The normalized spacial score (nSPS) is 11.2. The van der Waals surface area contributed by atoms with Crippen LogP contribution in [0.2, 0.25) is 0 Å². The molecule has 0 bridgehead atoms. The van der Waals surface area contributed by atoms with E-state index in [1.165, 1.54) is 13.8 Å². The summed E-state index contributed by atoms with van der Waals surface area (Å²) in [5, 5.41) is 22.6. The molecule has 0 amide bonds. The van der Waals surface area contributed by atoms with Crippen molar-refractivity contribution in [1.29, 1.82) is 0 Å². The van der Waals surface area contributed by atoms with Crippen LogP contribution in [0.15, 0.2) is 0 Å². The number of aldehydes is 1. The van der Waals surface area contributed by atoms with Crippen molar-refractivity contribution < 1.29 is 14.6 Å². The van der Waals surface area contributed by atoms with Crippen molar-refractivity contribution in [2.75, 3.05) is 0 Å². The van der Waals surface area contributed by atoms with Gasteiger partial charge in [0.15, 0.2) is 6.29 Å². The molecule has 0 aliphatic carbocycles. The molecule has 0 unspecified atom stereocenters. The van der Waals surface area contributed by atoms with Crippen molar-refractivity contribution in [2.45, 2.75) is 40.0 Å². The fourth-order valence-corrected chi connectivity index (χ4v) is 2.37. The maximum atomic E-state index is 11.3. The van der Waals surface area contributed by atoms with Crippen LogP contribution >= 0.6 is 0 Å². The molecule has 7 heteroatoms. The number of carbonyl (C=O) groups excluding carboxylic acids is 1. The minimum absolute atomic E-state index is 0.0106. The second-order valence-electron chi connectivity index (χ2n) is 5.62. The van der Waals surface area contributed by atoms with Gasteiger partial charge in [0.1, 0.15) is 5.56 Å². The number of carbonyl (C=O) groups is 1. The zero-order valence-electron chi connectivity index (χ0n) is 12.0. The molecule has 0 heterocycles. The van der Waals surface area contributed by atoms with Gasteiger partial charge < -0.3 is 0 Å². The van der Waals surface area contributed by atoms with Gasteiger partial charge in [-0.1, -0.05) is 20.8 Å². The number of hydrogen-bond donors (Lipinski definition) is 0. The molecule has 0 fully saturated rings. The van der Waals surface area contributed by atoms with Crippen LogP contribution < -0.4 is 0 Å². The van der Waals surface area contributed by atoms with E-state index in [1.54, 1.807) is 20.8 Å². The molecule has 1 rings (SSSR count). The Balaban J connectivity index is 4.11. The third kappa shape index (κ3) is 2.38. The second kappa shape index (κ2) is 4.99. The monoisotopic (exact) mass is 280 g/mol. The van der Waals surface area contributed by atoms with Gasteiger partial charge in [0.25, 0.3) is 11.4 Å². The number of nitro benzene ring substituents is 2. The Morgan fingerprint density at radius 1 is 0.950 bits per heavy atom. The Labute approximate surface area is 115 Å². The van der Waals surface area contributed by atoms with E-state index >= 15 is 0 Å². The van der Waals surface area contributed by atoms with Crippen molar-refractivity contribution in [2.24, 2.45) is 0 Å². The van der Waals surface area contributed by atoms with Gasteiger partial charge in [0.05, 0.1) is 9.85 Å². The molecule has 0 radical (unpaired) electrons. The second-order valence-corrected chi connectivity index (χ2v) is 5.62. The molecule has 0 spiro atoms. The van der Waals surface area contributed by atoms with Gasteiger partial charge in [-0.3, -0.25) is 25.0 Å². The molecule has 0 aromatic heterocycles. The van der Waals surface area contributed by atoms with Gasteiger partial charge in [-0.05, 0) is 13.8 Å². The predicted molar refractivity (Wildman–Crippen MR) is 73.3 cm³/mol. The summed E-state index contributed by atoms with van der Waals surface area (Å²) < 4.78 is 0. The van der Waals surface area contributed by atoms with E-state index in [9.17, 15) is 25.0 Å². The predicted octanol–water partition coefficient (Wildman–Crippen LogP) is 3.23. The van der Waals surface area contributed by atoms with Gasteiger partial charge >= 0.3 is 0 Å². The van der Waals surface area contributed by atoms with Crippen LogP contribution in [0.1, 0.15) is 47.8 Å². The first-order chi connectivity index (χ1) is 9.03. The van der Waals surface area contributed by atoms with Gasteiger partial charge in [-0.15, -0.1) is 0 Å². The highest BCUT2D eigenvalue weighted by atomic mass is 16.6. The van der Waals surface area contributed by atoms with E-state index in [0.717, 1.165) is 0 Å². The highest BCUT2D eigenvalue weighted by Gasteiger charge is 2.39. The molecular formula is C13H16N2O5. The summed E-state index contributed by atoms with van der Waals surface area (Å²) in [6.45, 7) is 7.88. The maximum Gasteiger partial charge on any atom is 0.283 e. The molecule has 7 nitrogen and oxygen atoms in total. The van der Waals surface area contributed by atoms with E-state index < -0.39 is 15.3 Å². The van der Waals surface area contributed by atoms with E-state index in [1.807, 2.05) is 0 Å². The lowest BCUT2D eigenvalue weighted by Gasteiger charge is -2.21. The number of benzene rings is 1. The molecule has 0 aliphatic rings. The highest BCUT2D eigenvalue weighted by Crippen LogP contribution is 2.43. The third-order valence-corrected chi connectivity index (χ3v) is 3.23. The zero-order chi connectivity index (χ0) is 15.8. The lowest BCUT2D eigenvalue weighted by atomic mass is 9.80. The maximum absolute atomic E-state index is 11.3. The third-order valence-electron chi connectivity index (χ3n) is 3.23. The summed E-state index contributed by atoms with van der Waals surface area (Å²) in [6.07, 6.45) is 0.428. The number of hydrogen-bond acceptors (Lipinski definition) is 5. The molecule has 1 aromatic carbocycles. The van der Waals surface area contributed by atoms with Crippen LogP contribution in [0.4, 0.5) is 11.4 Å². The lowest BCUT2D eigenvalue weighted by Crippen LogP contribution is -2.19. The molecule has 0 N–H and O–H groups in total. The molecule has 0 saturated carbocycles. The summed E-state index contributed by atoms with van der Waals surface area (Å²) in [6, 6.07) is 0. The van der Waals surface area contributed by atoms with Crippen molar-refractivity contribution in [3.05, 3.63) is 42.5 Å². The first kappa shape index (κ1) is 15.7. The number of rotatable bonds is 3. The fraction of sp³-hybridized carbons (Fsp3) is 0.462. The average molecular weight is 280 g/mol. The van der Waals surface area contributed by atoms with Crippen LogP contribution in [-0.2, 0) is 5.41 Å². The SMILES string of the molecule is Cc1c(C=O)c(C)c([N+](=O)[O-])c(C(C)(C)C)c1[N+](=O)[O-]. The molecular weight excluding hydrogens is 264 g/mol. The Kier molecular flexibility index (Phi) is 3.93. The number of nitrogens with zero attached hydrogens (tertiary/aromatic N) is 2. The molecule has 20 heavy (non-hydrogen) atoms. The Morgan fingerprint density at radius 2 is 1.30 bits per heavy atom. The van der Waals surface area contributed by atoms with Gasteiger partial charge in [-0.2, -0.15) is 0 Å². The van der Waals surface area contributed by atoms with E-state index in [4.69, 9.17) is 0 Å². The van der Waals surface area contributed by atoms with Gasteiger partial charge in [0, 0.05) is 22.1 Å². The lowest BCUT2D eigenvalue weighted by molar-refractivity contribution is -0.396. The molecule has 108 valence electrons. The Hall–Kier alpha value is -2.31.